The average Bonchev–Trinajstić information content (AvgIpc) is 2.34. The Bertz CT molecular complexity index is 382. The smallest absolute Gasteiger partial charge is 0.407 e. The molecule has 0 unspecified atom stereocenters. The number of hydrogen-bond acceptors (Lipinski definition) is 4. The molecule has 7 nitrogen and oxygen atoms in total. The van der Waals surface area contributed by atoms with E-state index in [2.05, 4.69) is 30.3 Å². The van der Waals surface area contributed by atoms with Gasteiger partial charge in [-0.05, 0) is 25.3 Å². The zero-order valence-electron chi connectivity index (χ0n) is 13.9. The SMILES string of the molecule is CC(=O)N[C@@H](CCCCNC(=O)OCC[Si](C)(C)C)C(=O)O. The van der Waals surface area contributed by atoms with E-state index in [9.17, 15) is 14.4 Å². The number of carboxylic acids is 1. The van der Waals surface area contributed by atoms with Gasteiger partial charge in [-0.2, -0.15) is 0 Å². The Morgan fingerprint density at radius 1 is 1.18 bits per heavy atom. The molecule has 0 aliphatic heterocycles. The van der Waals surface area contributed by atoms with Crippen LogP contribution in [0.3, 0.4) is 0 Å². The van der Waals surface area contributed by atoms with Gasteiger partial charge in [-0.25, -0.2) is 9.59 Å². The summed E-state index contributed by atoms with van der Waals surface area (Å²) in [5, 5.41) is 13.9. The third kappa shape index (κ3) is 12.2. The van der Waals surface area contributed by atoms with E-state index in [-0.39, 0.29) is 5.91 Å². The lowest BCUT2D eigenvalue weighted by Crippen LogP contribution is -2.39. The first-order chi connectivity index (χ1) is 10.1. The molecule has 22 heavy (non-hydrogen) atoms. The number of carboxylic acid groups (broad SMARTS) is 1. The van der Waals surface area contributed by atoms with Gasteiger partial charge in [-0.15, -0.1) is 0 Å². The molecule has 128 valence electrons. The quantitative estimate of drug-likeness (QED) is 0.418. The van der Waals surface area contributed by atoms with Crippen molar-refractivity contribution in [3.63, 3.8) is 0 Å². The highest BCUT2D eigenvalue weighted by molar-refractivity contribution is 6.76. The molecule has 0 bridgehead atoms. The Labute approximate surface area is 132 Å². The first-order valence-corrected chi connectivity index (χ1v) is 11.2. The molecule has 1 atom stereocenters. The van der Waals surface area contributed by atoms with Crippen LogP contribution in [0.1, 0.15) is 26.2 Å². The molecule has 0 aromatic carbocycles. The molecule has 0 heterocycles. The first-order valence-electron chi connectivity index (χ1n) is 7.52. The van der Waals surface area contributed by atoms with Crippen molar-refractivity contribution in [2.24, 2.45) is 0 Å². The molecule has 0 aliphatic carbocycles. The van der Waals surface area contributed by atoms with Crippen molar-refractivity contribution in [3.8, 4) is 0 Å². The molecule has 0 aromatic rings. The molecule has 0 radical (unpaired) electrons. The predicted octanol–water partition coefficient (Wildman–Crippen LogP) is 1.81. The summed E-state index contributed by atoms with van der Waals surface area (Å²) < 4.78 is 5.07. The lowest BCUT2D eigenvalue weighted by Gasteiger charge is -2.15. The third-order valence-corrected chi connectivity index (χ3v) is 4.65. The van der Waals surface area contributed by atoms with Crippen LogP contribution >= 0.6 is 0 Å². The minimum atomic E-state index is -1.20. The summed E-state index contributed by atoms with van der Waals surface area (Å²) in [5.74, 6) is -1.41. The Morgan fingerprint density at radius 2 is 1.82 bits per heavy atom. The highest BCUT2D eigenvalue weighted by atomic mass is 28.3. The number of ether oxygens (including phenoxy) is 1. The minimum absolute atomic E-state index is 0.335. The fourth-order valence-electron chi connectivity index (χ4n) is 1.67. The molecule has 0 saturated carbocycles. The normalized spacial score (nSPS) is 12.4. The second-order valence-corrected chi connectivity index (χ2v) is 12.1. The van der Waals surface area contributed by atoms with Crippen LogP contribution in [0.25, 0.3) is 0 Å². The Balaban J connectivity index is 3.72. The van der Waals surface area contributed by atoms with E-state index in [1.54, 1.807) is 0 Å². The fourth-order valence-corrected chi connectivity index (χ4v) is 2.38. The van der Waals surface area contributed by atoms with Crippen LogP contribution in [0.15, 0.2) is 0 Å². The van der Waals surface area contributed by atoms with E-state index >= 15 is 0 Å². The number of alkyl carbamates (subject to hydrolysis) is 1. The van der Waals surface area contributed by atoms with Gasteiger partial charge < -0.3 is 20.5 Å². The van der Waals surface area contributed by atoms with Crippen LogP contribution in [0.5, 0.6) is 0 Å². The van der Waals surface area contributed by atoms with E-state index in [1.807, 2.05) is 0 Å². The predicted molar refractivity (Wildman–Crippen MR) is 86.6 cm³/mol. The topological polar surface area (TPSA) is 105 Å². The van der Waals surface area contributed by atoms with Crippen LogP contribution in [0.2, 0.25) is 25.7 Å². The average molecular weight is 332 g/mol. The lowest BCUT2D eigenvalue weighted by molar-refractivity contribution is -0.141. The molecular formula is C14H28N2O5Si. The molecule has 0 saturated heterocycles. The maximum atomic E-state index is 11.4. The largest absolute Gasteiger partial charge is 0.480 e. The summed E-state index contributed by atoms with van der Waals surface area (Å²) in [7, 11) is -1.20. The zero-order chi connectivity index (χ0) is 17.2. The molecular weight excluding hydrogens is 304 g/mol. The third-order valence-electron chi connectivity index (χ3n) is 2.95. The van der Waals surface area contributed by atoms with Crippen LogP contribution in [-0.4, -0.2) is 50.3 Å². The van der Waals surface area contributed by atoms with E-state index in [0.717, 1.165) is 6.04 Å². The van der Waals surface area contributed by atoms with E-state index in [1.165, 1.54) is 6.92 Å². The number of hydrogen-bond donors (Lipinski definition) is 3. The molecule has 0 rings (SSSR count). The first kappa shape index (κ1) is 20.4. The van der Waals surface area contributed by atoms with Crippen LogP contribution < -0.4 is 10.6 Å². The van der Waals surface area contributed by atoms with Crippen molar-refractivity contribution in [3.05, 3.63) is 0 Å². The van der Waals surface area contributed by atoms with Gasteiger partial charge in [-0.3, -0.25) is 4.79 Å². The van der Waals surface area contributed by atoms with Gasteiger partial charge in [0.25, 0.3) is 0 Å². The maximum absolute atomic E-state index is 11.4. The summed E-state index contributed by atoms with van der Waals surface area (Å²) in [5.41, 5.74) is 0. The summed E-state index contributed by atoms with van der Waals surface area (Å²) in [4.78, 5) is 33.2. The molecule has 2 amide bonds. The van der Waals surface area contributed by atoms with Gasteiger partial charge in [0.15, 0.2) is 0 Å². The van der Waals surface area contributed by atoms with Crippen molar-refractivity contribution < 1.29 is 24.2 Å². The van der Waals surface area contributed by atoms with Gasteiger partial charge in [0.2, 0.25) is 5.91 Å². The molecule has 8 heteroatoms. The van der Waals surface area contributed by atoms with E-state index in [0.29, 0.717) is 32.4 Å². The monoisotopic (exact) mass is 332 g/mol. The second kappa shape index (κ2) is 10.2. The Morgan fingerprint density at radius 3 is 2.32 bits per heavy atom. The number of amides is 2. The van der Waals surface area contributed by atoms with Crippen LogP contribution in [0.4, 0.5) is 4.79 Å². The number of carbonyl (C=O) groups is 3. The van der Waals surface area contributed by atoms with Crippen LogP contribution in [-0.2, 0) is 14.3 Å². The van der Waals surface area contributed by atoms with Crippen molar-refractivity contribution in [1.82, 2.24) is 10.6 Å². The van der Waals surface area contributed by atoms with Gasteiger partial charge in [0.05, 0.1) is 6.61 Å². The number of rotatable bonds is 10. The molecule has 0 fully saturated rings. The number of carbonyl (C=O) groups excluding carboxylic acids is 2. The van der Waals surface area contributed by atoms with Gasteiger partial charge >= 0.3 is 12.1 Å². The highest BCUT2D eigenvalue weighted by Gasteiger charge is 2.17. The summed E-state index contributed by atoms with van der Waals surface area (Å²) in [6.07, 6.45) is 1.12. The standard InChI is InChI=1S/C14H28N2O5Si/c1-11(17)16-12(13(18)19)7-5-6-8-15-14(20)21-9-10-22(2,3)4/h12H,5-10H2,1-4H3,(H,15,20)(H,16,17)(H,18,19)/t12-/m0/s1. The number of aliphatic carboxylic acids is 1. The lowest BCUT2D eigenvalue weighted by atomic mass is 10.1. The van der Waals surface area contributed by atoms with Gasteiger partial charge in [0, 0.05) is 21.5 Å². The summed E-state index contributed by atoms with van der Waals surface area (Å²) >= 11 is 0. The maximum Gasteiger partial charge on any atom is 0.407 e. The zero-order valence-corrected chi connectivity index (χ0v) is 14.9. The van der Waals surface area contributed by atoms with Crippen molar-refractivity contribution in [2.45, 2.75) is 57.9 Å². The number of nitrogens with one attached hydrogen (secondary N) is 2. The highest BCUT2D eigenvalue weighted by Crippen LogP contribution is 2.07. The fraction of sp³-hybridized carbons (Fsp3) is 0.786. The minimum Gasteiger partial charge on any atom is -0.480 e. The summed E-state index contributed by atoms with van der Waals surface area (Å²) in [6, 6.07) is 0.0541. The molecule has 0 aromatic heterocycles. The van der Waals surface area contributed by atoms with Gasteiger partial charge in [-0.1, -0.05) is 19.6 Å². The van der Waals surface area contributed by atoms with Crippen molar-refractivity contribution in [1.29, 1.82) is 0 Å². The molecule has 3 N–H and O–H groups in total. The Kier molecular flexibility index (Phi) is 9.47. The van der Waals surface area contributed by atoms with Gasteiger partial charge in [0.1, 0.15) is 6.04 Å². The number of unbranched alkanes of at least 4 members (excludes halogenated alkanes) is 1. The Hall–Kier alpha value is -1.57. The van der Waals surface area contributed by atoms with E-state index in [4.69, 9.17) is 9.84 Å². The second-order valence-electron chi connectivity index (χ2n) is 6.46. The molecule has 0 spiro atoms. The van der Waals surface area contributed by atoms with E-state index < -0.39 is 26.2 Å². The van der Waals surface area contributed by atoms with Crippen LogP contribution in [0, 0.1) is 0 Å². The van der Waals surface area contributed by atoms with Crippen molar-refractivity contribution >= 4 is 26.0 Å². The summed E-state index contributed by atoms with van der Waals surface area (Å²) in [6.45, 7) is 8.78. The molecule has 0 aliphatic rings. The van der Waals surface area contributed by atoms with Crippen molar-refractivity contribution in [2.75, 3.05) is 13.2 Å².